The second-order valence-corrected chi connectivity index (χ2v) is 7.95. The number of para-hydroxylation sites is 1. The number of thiophene rings is 1. The zero-order chi connectivity index (χ0) is 15.7. The molecule has 0 spiro atoms. The van der Waals surface area contributed by atoms with E-state index in [4.69, 9.17) is 23.2 Å². The Morgan fingerprint density at radius 2 is 2.05 bits per heavy atom. The number of hydrogen-bond acceptors (Lipinski definition) is 3. The molecule has 3 rings (SSSR count). The first-order chi connectivity index (χ1) is 10.6. The molecule has 1 amide bonds. The zero-order valence-electron chi connectivity index (χ0n) is 11.7. The fourth-order valence-corrected chi connectivity index (χ4v) is 4.68. The molecule has 0 N–H and O–H groups in total. The van der Waals surface area contributed by atoms with Crippen LogP contribution in [0.15, 0.2) is 35.3 Å². The highest BCUT2D eigenvalue weighted by Gasteiger charge is 2.14. The summed E-state index contributed by atoms with van der Waals surface area (Å²) in [5, 5.41) is 0. The number of amides is 1. The number of carbonyl (C=O) groups excluding carboxylic acids is 1. The maximum Gasteiger partial charge on any atom is 0.282 e. The van der Waals surface area contributed by atoms with Crippen LogP contribution in [-0.2, 0) is 6.54 Å². The van der Waals surface area contributed by atoms with Gasteiger partial charge in [0.2, 0.25) is 0 Å². The first-order valence-corrected chi connectivity index (χ1v) is 9.11. The molecule has 2 aromatic heterocycles. The van der Waals surface area contributed by atoms with E-state index in [2.05, 4.69) is 16.5 Å². The summed E-state index contributed by atoms with van der Waals surface area (Å²) < 4.78 is 4.04. The molecule has 0 aliphatic carbocycles. The molecule has 0 saturated carbocycles. The Morgan fingerprint density at radius 1 is 1.27 bits per heavy atom. The number of nitrogens with zero attached hydrogens (tertiary/aromatic N) is 2. The molecule has 7 heteroatoms. The summed E-state index contributed by atoms with van der Waals surface area (Å²) in [4.78, 5) is 17.3. The van der Waals surface area contributed by atoms with E-state index in [0.717, 1.165) is 23.2 Å². The highest BCUT2D eigenvalue weighted by atomic mass is 35.5. The molecule has 0 fully saturated rings. The molecule has 0 bridgehead atoms. The predicted octanol–water partition coefficient (Wildman–Crippen LogP) is 5.22. The highest BCUT2D eigenvalue weighted by Crippen LogP contribution is 2.31. The molecule has 2 heterocycles. The smallest absolute Gasteiger partial charge is 0.282 e. The van der Waals surface area contributed by atoms with Gasteiger partial charge in [0.25, 0.3) is 5.91 Å². The van der Waals surface area contributed by atoms with Crippen LogP contribution in [0.4, 0.5) is 0 Å². The molecule has 22 heavy (non-hydrogen) atoms. The van der Waals surface area contributed by atoms with Gasteiger partial charge in [0.1, 0.15) is 4.34 Å². The Morgan fingerprint density at radius 3 is 2.73 bits per heavy atom. The lowest BCUT2D eigenvalue weighted by atomic mass is 10.3. The third-order valence-electron chi connectivity index (χ3n) is 3.12. The van der Waals surface area contributed by atoms with Crippen molar-refractivity contribution in [3.63, 3.8) is 0 Å². The Hall–Kier alpha value is -1.14. The van der Waals surface area contributed by atoms with E-state index in [0.29, 0.717) is 19.0 Å². The van der Waals surface area contributed by atoms with Crippen molar-refractivity contribution in [3.8, 4) is 0 Å². The van der Waals surface area contributed by atoms with Crippen molar-refractivity contribution in [1.82, 2.24) is 4.57 Å². The van der Waals surface area contributed by atoms with Crippen LogP contribution < -0.4 is 4.80 Å². The number of carbonyl (C=O) groups is 1. The fourth-order valence-electron chi connectivity index (χ4n) is 2.18. The second kappa shape index (κ2) is 6.54. The average Bonchev–Trinajstić information content (AvgIpc) is 3.00. The van der Waals surface area contributed by atoms with Crippen LogP contribution in [0.2, 0.25) is 8.67 Å². The molecule has 0 atom stereocenters. The maximum absolute atomic E-state index is 12.4. The fraction of sp³-hybridized carbons (Fsp3) is 0.200. The van der Waals surface area contributed by atoms with E-state index in [1.165, 1.54) is 22.7 Å². The Bertz CT molecular complexity index is 908. The summed E-state index contributed by atoms with van der Waals surface area (Å²) >= 11 is 14.6. The van der Waals surface area contributed by atoms with E-state index >= 15 is 0 Å². The summed E-state index contributed by atoms with van der Waals surface area (Å²) in [6.07, 6.45) is 0.965. The Kier molecular flexibility index (Phi) is 4.68. The average molecular weight is 371 g/mol. The number of rotatable bonds is 3. The van der Waals surface area contributed by atoms with Gasteiger partial charge >= 0.3 is 0 Å². The van der Waals surface area contributed by atoms with Crippen molar-refractivity contribution >= 4 is 62.0 Å². The molecule has 3 nitrogen and oxygen atoms in total. The van der Waals surface area contributed by atoms with Crippen molar-refractivity contribution < 1.29 is 4.79 Å². The van der Waals surface area contributed by atoms with E-state index in [-0.39, 0.29) is 5.91 Å². The quantitative estimate of drug-likeness (QED) is 0.621. The molecule has 114 valence electrons. The highest BCUT2D eigenvalue weighted by molar-refractivity contribution is 7.20. The van der Waals surface area contributed by atoms with Crippen LogP contribution in [0.1, 0.15) is 23.7 Å². The van der Waals surface area contributed by atoms with Gasteiger partial charge in [-0.1, -0.05) is 53.6 Å². The number of fused-ring (bicyclic) bond motifs is 1. The minimum Gasteiger partial charge on any atom is -0.316 e. The van der Waals surface area contributed by atoms with Crippen LogP contribution in [0.3, 0.4) is 0 Å². The minimum absolute atomic E-state index is 0.357. The molecule has 1 aromatic carbocycles. The minimum atomic E-state index is -0.357. The Labute approximate surface area is 145 Å². The normalized spacial score (nSPS) is 12.2. The number of benzene rings is 1. The SMILES string of the molecule is CCCn1c(=NC(=O)c2cc(Cl)sc2Cl)sc2ccccc21. The van der Waals surface area contributed by atoms with E-state index < -0.39 is 0 Å². The largest absolute Gasteiger partial charge is 0.316 e. The molecule has 3 aromatic rings. The number of halogens is 2. The van der Waals surface area contributed by atoms with Gasteiger partial charge in [0.05, 0.1) is 20.1 Å². The molecule has 0 aliphatic rings. The predicted molar refractivity (Wildman–Crippen MR) is 94.3 cm³/mol. The lowest BCUT2D eigenvalue weighted by Gasteiger charge is -2.01. The van der Waals surface area contributed by atoms with Crippen molar-refractivity contribution in [2.45, 2.75) is 19.9 Å². The monoisotopic (exact) mass is 370 g/mol. The Balaban J connectivity index is 2.14. The number of aromatic nitrogens is 1. The summed E-state index contributed by atoms with van der Waals surface area (Å²) in [5.74, 6) is -0.357. The van der Waals surface area contributed by atoms with Crippen LogP contribution in [-0.4, -0.2) is 10.5 Å². The van der Waals surface area contributed by atoms with Gasteiger partial charge in [-0.2, -0.15) is 4.99 Å². The van der Waals surface area contributed by atoms with Gasteiger partial charge in [0.15, 0.2) is 4.80 Å². The first kappa shape index (κ1) is 15.7. The number of hydrogen-bond donors (Lipinski definition) is 0. The van der Waals surface area contributed by atoms with Crippen molar-refractivity contribution in [2.24, 2.45) is 4.99 Å². The third-order valence-corrected chi connectivity index (χ3v) is 5.67. The van der Waals surface area contributed by atoms with Crippen LogP contribution in [0.25, 0.3) is 10.2 Å². The van der Waals surface area contributed by atoms with Crippen LogP contribution >= 0.6 is 45.9 Å². The third kappa shape index (κ3) is 2.99. The van der Waals surface area contributed by atoms with Crippen molar-refractivity contribution in [3.05, 3.63) is 49.4 Å². The van der Waals surface area contributed by atoms with Gasteiger partial charge in [0, 0.05) is 6.54 Å². The number of aryl methyl sites for hydroxylation is 1. The topological polar surface area (TPSA) is 34.4 Å². The van der Waals surface area contributed by atoms with Gasteiger partial charge in [-0.05, 0) is 24.6 Å². The van der Waals surface area contributed by atoms with Gasteiger partial charge < -0.3 is 4.57 Å². The zero-order valence-corrected chi connectivity index (χ0v) is 14.8. The lowest BCUT2D eigenvalue weighted by molar-refractivity contribution is 0.0998. The van der Waals surface area contributed by atoms with E-state index in [9.17, 15) is 4.79 Å². The molecule has 0 aliphatic heterocycles. The molecule has 0 saturated heterocycles. The standard InChI is InChI=1S/C15H12Cl2N2OS2/c1-2-7-19-10-5-3-4-6-11(10)21-15(19)18-14(20)9-8-12(16)22-13(9)17/h3-6,8H,2,7H2,1H3. The second-order valence-electron chi connectivity index (χ2n) is 4.66. The van der Waals surface area contributed by atoms with Crippen LogP contribution in [0, 0.1) is 0 Å². The maximum atomic E-state index is 12.4. The van der Waals surface area contributed by atoms with Crippen LogP contribution in [0.5, 0.6) is 0 Å². The summed E-state index contributed by atoms with van der Waals surface area (Å²) in [6, 6.07) is 9.61. The van der Waals surface area contributed by atoms with E-state index in [1.807, 2.05) is 24.3 Å². The van der Waals surface area contributed by atoms with E-state index in [1.54, 1.807) is 6.07 Å². The summed E-state index contributed by atoms with van der Waals surface area (Å²) in [7, 11) is 0. The molecule has 0 unspecified atom stereocenters. The summed E-state index contributed by atoms with van der Waals surface area (Å²) in [6.45, 7) is 2.91. The van der Waals surface area contributed by atoms with Crippen molar-refractivity contribution in [2.75, 3.05) is 0 Å². The molecular weight excluding hydrogens is 359 g/mol. The molecular formula is C15H12Cl2N2OS2. The van der Waals surface area contributed by atoms with Gasteiger partial charge in [-0.3, -0.25) is 4.79 Å². The van der Waals surface area contributed by atoms with Crippen molar-refractivity contribution in [1.29, 1.82) is 0 Å². The van der Waals surface area contributed by atoms with Gasteiger partial charge in [-0.15, -0.1) is 11.3 Å². The molecule has 0 radical (unpaired) electrons. The summed E-state index contributed by atoms with van der Waals surface area (Å²) in [5.41, 5.74) is 1.45. The lowest BCUT2D eigenvalue weighted by Crippen LogP contribution is -2.16. The van der Waals surface area contributed by atoms with Gasteiger partial charge in [-0.25, -0.2) is 0 Å². The number of thiazole rings is 1. The first-order valence-electron chi connectivity index (χ1n) is 6.72.